The molecule has 1 unspecified atom stereocenters. The van der Waals surface area contributed by atoms with Crippen LogP contribution in [0.1, 0.15) is 43.9 Å². The highest BCUT2D eigenvalue weighted by Gasteiger charge is 2.21. The van der Waals surface area contributed by atoms with Gasteiger partial charge in [-0.2, -0.15) is 0 Å². The van der Waals surface area contributed by atoms with Crippen molar-refractivity contribution in [3.8, 4) is 0 Å². The fourth-order valence-electron chi connectivity index (χ4n) is 2.11. The summed E-state index contributed by atoms with van der Waals surface area (Å²) in [6.45, 7) is 9.88. The molecule has 98 valence electrons. The van der Waals surface area contributed by atoms with E-state index in [1.807, 2.05) is 18.3 Å². The molecule has 0 aliphatic carbocycles. The van der Waals surface area contributed by atoms with Gasteiger partial charge in [0.2, 0.25) is 0 Å². The van der Waals surface area contributed by atoms with Crippen LogP contribution in [0.25, 0.3) is 0 Å². The zero-order valence-corrected chi connectivity index (χ0v) is 12.2. The molecular formula is C14H25NOS. The third-order valence-corrected chi connectivity index (χ3v) is 3.95. The van der Waals surface area contributed by atoms with Gasteiger partial charge in [-0.3, -0.25) is 0 Å². The summed E-state index contributed by atoms with van der Waals surface area (Å²) in [6.07, 6.45) is 1.94. The van der Waals surface area contributed by atoms with E-state index >= 15 is 0 Å². The Bertz CT molecular complexity index is 331. The van der Waals surface area contributed by atoms with Gasteiger partial charge in [-0.25, -0.2) is 0 Å². The first-order valence-corrected chi connectivity index (χ1v) is 7.25. The third-order valence-electron chi connectivity index (χ3n) is 2.72. The van der Waals surface area contributed by atoms with Crippen molar-refractivity contribution in [1.82, 2.24) is 5.32 Å². The van der Waals surface area contributed by atoms with Crippen molar-refractivity contribution < 1.29 is 5.11 Å². The quantitative estimate of drug-likeness (QED) is 0.784. The predicted molar refractivity (Wildman–Crippen MR) is 75.5 cm³/mol. The highest BCUT2D eigenvalue weighted by Crippen LogP contribution is 2.18. The van der Waals surface area contributed by atoms with Gasteiger partial charge >= 0.3 is 0 Å². The Balaban J connectivity index is 2.31. The molecule has 17 heavy (non-hydrogen) atoms. The first-order chi connectivity index (χ1) is 7.93. The van der Waals surface area contributed by atoms with Gasteiger partial charge in [-0.05, 0) is 37.8 Å². The maximum Gasteiger partial charge on any atom is 0.0746 e. The van der Waals surface area contributed by atoms with Crippen molar-refractivity contribution in [2.45, 2.75) is 52.7 Å². The van der Waals surface area contributed by atoms with Gasteiger partial charge in [-0.1, -0.05) is 20.8 Å². The normalized spacial score (nSPS) is 15.2. The summed E-state index contributed by atoms with van der Waals surface area (Å²) in [7, 11) is 0. The van der Waals surface area contributed by atoms with E-state index in [9.17, 15) is 5.11 Å². The smallest absolute Gasteiger partial charge is 0.0746 e. The second kappa shape index (κ2) is 6.53. The molecule has 1 heterocycles. The molecule has 1 aromatic heterocycles. The predicted octanol–water partition coefficient (Wildman–Crippen LogP) is 3.20. The number of thiophene rings is 1. The van der Waals surface area contributed by atoms with E-state index in [2.05, 4.69) is 38.2 Å². The molecule has 0 aliphatic rings. The average molecular weight is 255 g/mol. The second-order valence-electron chi connectivity index (χ2n) is 5.42. The Labute approximate surface area is 109 Å². The number of hydrogen-bond donors (Lipinski definition) is 2. The Morgan fingerprint density at radius 1 is 1.35 bits per heavy atom. The summed E-state index contributed by atoms with van der Waals surface area (Å²) in [6, 6.07) is 4.36. The molecule has 1 rings (SSSR count). The summed E-state index contributed by atoms with van der Waals surface area (Å²) < 4.78 is 0. The largest absolute Gasteiger partial charge is 0.389 e. The van der Waals surface area contributed by atoms with Crippen LogP contribution in [0.15, 0.2) is 12.1 Å². The van der Waals surface area contributed by atoms with E-state index in [0.717, 1.165) is 19.4 Å². The highest BCUT2D eigenvalue weighted by molar-refractivity contribution is 7.11. The molecule has 0 radical (unpaired) electrons. The van der Waals surface area contributed by atoms with E-state index in [4.69, 9.17) is 0 Å². The summed E-state index contributed by atoms with van der Waals surface area (Å²) in [5.74, 6) is 0.528. The van der Waals surface area contributed by atoms with Crippen molar-refractivity contribution >= 4 is 11.3 Å². The molecule has 0 fully saturated rings. The molecule has 0 saturated heterocycles. The first-order valence-electron chi connectivity index (χ1n) is 6.43. The Kier molecular flexibility index (Phi) is 5.63. The molecule has 2 nitrogen and oxygen atoms in total. The number of aliphatic hydroxyl groups is 1. The van der Waals surface area contributed by atoms with Gasteiger partial charge in [0.15, 0.2) is 0 Å². The summed E-state index contributed by atoms with van der Waals surface area (Å²) in [4.78, 5) is 2.78. The van der Waals surface area contributed by atoms with Crippen molar-refractivity contribution in [3.05, 3.63) is 21.9 Å². The first kappa shape index (κ1) is 14.7. The van der Waals surface area contributed by atoms with Gasteiger partial charge in [-0.15, -0.1) is 11.3 Å². The molecule has 3 heteroatoms. The van der Waals surface area contributed by atoms with Crippen LogP contribution in [0.3, 0.4) is 0 Å². The molecule has 1 atom stereocenters. The zero-order chi connectivity index (χ0) is 12.9. The molecule has 0 bridgehead atoms. The van der Waals surface area contributed by atoms with Crippen LogP contribution >= 0.6 is 11.3 Å². The van der Waals surface area contributed by atoms with E-state index in [1.54, 1.807) is 0 Å². The van der Waals surface area contributed by atoms with Crippen molar-refractivity contribution in [1.29, 1.82) is 0 Å². The van der Waals surface area contributed by atoms with Gasteiger partial charge < -0.3 is 10.4 Å². The minimum absolute atomic E-state index is 0.528. The zero-order valence-electron chi connectivity index (χ0n) is 11.4. The maximum atomic E-state index is 10.2. The Morgan fingerprint density at radius 2 is 2.00 bits per heavy atom. The number of rotatable bonds is 7. The lowest BCUT2D eigenvalue weighted by atomic mass is 9.94. The third kappa shape index (κ3) is 5.66. The molecule has 2 N–H and O–H groups in total. The molecule has 0 spiro atoms. The van der Waals surface area contributed by atoms with Crippen LogP contribution in [0, 0.1) is 5.92 Å². The monoisotopic (exact) mass is 255 g/mol. The van der Waals surface area contributed by atoms with Crippen molar-refractivity contribution in [3.63, 3.8) is 0 Å². The molecule has 0 aromatic carbocycles. The van der Waals surface area contributed by atoms with Gasteiger partial charge in [0.05, 0.1) is 5.60 Å². The number of aryl methyl sites for hydroxylation is 1. The highest BCUT2D eigenvalue weighted by atomic mass is 32.1. The minimum atomic E-state index is -0.598. The van der Waals surface area contributed by atoms with E-state index in [-0.39, 0.29) is 0 Å². The Morgan fingerprint density at radius 3 is 2.53 bits per heavy atom. The summed E-state index contributed by atoms with van der Waals surface area (Å²) in [5.41, 5.74) is -0.598. The standard InChI is InChI=1S/C14H25NOS/c1-5-12-6-7-13(17-12)9-15-10-14(4,16)8-11(2)3/h6-7,11,15-16H,5,8-10H2,1-4H3. The lowest BCUT2D eigenvalue weighted by molar-refractivity contribution is 0.0384. The lowest BCUT2D eigenvalue weighted by Crippen LogP contribution is -2.38. The summed E-state index contributed by atoms with van der Waals surface area (Å²) in [5, 5.41) is 13.5. The van der Waals surface area contributed by atoms with E-state index in [0.29, 0.717) is 12.5 Å². The fourth-order valence-corrected chi connectivity index (χ4v) is 3.04. The average Bonchev–Trinajstić information content (AvgIpc) is 2.63. The summed E-state index contributed by atoms with van der Waals surface area (Å²) >= 11 is 1.85. The van der Waals surface area contributed by atoms with Gasteiger partial charge in [0, 0.05) is 22.8 Å². The lowest BCUT2D eigenvalue weighted by Gasteiger charge is -2.25. The van der Waals surface area contributed by atoms with Crippen LogP contribution in [0.5, 0.6) is 0 Å². The fraction of sp³-hybridized carbons (Fsp3) is 0.714. The van der Waals surface area contributed by atoms with Crippen molar-refractivity contribution in [2.75, 3.05) is 6.54 Å². The number of hydrogen-bond acceptors (Lipinski definition) is 3. The van der Waals surface area contributed by atoms with Crippen LogP contribution in [0.2, 0.25) is 0 Å². The molecular weight excluding hydrogens is 230 g/mol. The van der Waals surface area contributed by atoms with Crippen LogP contribution in [-0.4, -0.2) is 17.3 Å². The SMILES string of the molecule is CCc1ccc(CNCC(C)(O)CC(C)C)s1. The van der Waals surface area contributed by atoms with Gasteiger partial charge in [0.1, 0.15) is 0 Å². The van der Waals surface area contributed by atoms with E-state index < -0.39 is 5.60 Å². The minimum Gasteiger partial charge on any atom is -0.389 e. The maximum absolute atomic E-state index is 10.2. The van der Waals surface area contributed by atoms with Crippen molar-refractivity contribution in [2.24, 2.45) is 5.92 Å². The topological polar surface area (TPSA) is 32.3 Å². The molecule has 1 aromatic rings. The van der Waals surface area contributed by atoms with Gasteiger partial charge in [0.25, 0.3) is 0 Å². The second-order valence-corrected chi connectivity index (χ2v) is 6.67. The van der Waals surface area contributed by atoms with E-state index in [1.165, 1.54) is 9.75 Å². The molecule has 0 amide bonds. The molecule has 0 aliphatic heterocycles. The Hall–Kier alpha value is -0.380. The number of nitrogens with one attached hydrogen (secondary N) is 1. The molecule has 0 saturated carbocycles. The van der Waals surface area contributed by atoms with Crippen LogP contribution < -0.4 is 5.32 Å². The van der Waals surface area contributed by atoms with Crippen LogP contribution in [0.4, 0.5) is 0 Å². The van der Waals surface area contributed by atoms with Crippen LogP contribution in [-0.2, 0) is 13.0 Å².